The van der Waals surface area contributed by atoms with Crippen molar-refractivity contribution in [2.75, 3.05) is 4.90 Å². The molecule has 21 heavy (non-hydrogen) atoms. The van der Waals surface area contributed by atoms with Crippen molar-refractivity contribution in [2.45, 2.75) is 0 Å². The number of halogens is 2. The van der Waals surface area contributed by atoms with Crippen molar-refractivity contribution in [1.29, 1.82) is 0 Å². The van der Waals surface area contributed by atoms with Crippen molar-refractivity contribution in [3.05, 3.63) is 63.1 Å². The molecule has 0 bridgehead atoms. The minimum absolute atomic E-state index is 0.151. The highest BCUT2D eigenvalue weighted by Crippen LogP contribution is 2.36. The molecule has 3 rings (SSSR count). The van der Waals surface area contributed by atoms with Crippen molar-refractivity contribution in [3.8, 4) is 0 Å². The number of hydrogen-bond acceptors (Lipinski definition) is 3. The van der Waals surface area contributed by atoms with Crippen LogP contribution in [0.5, 0.6) is 0 Å². The Morgan fingerprint density at radius 1 is 1.05 bits per heavy atom. The third kappa shape index (κ3) is 2.18. The van der Waals surface area contributed by atoms with Crippen molar-refractivity contribution in [1.82, 2.24) is 0 Å². The number of carbonyl (C=O) groups is 3. The number of benzene rings is 2. The number of anilines is 1. The van der Waals surface area contributed by atoms with Crippen LogP contribution in [-0.4, -0.2) is 17.6 Å². The Labute approximate surface area is 133 Å². The maximum Gasteiger partial charge on any atom is 0.306 e. The number of para-hydroxylation sites is 1. The van der Waals surface area contributed by atoms with Crippen molar-refractivity contribution in [3.63, 3.8) is 0 Å². The summed E-state index contributed by atoms with van der Waals surface area (Å²) in [6.45, 7) is 0. The van der Waals surface area contributed by atoms with Gasteiger partial charge in [-0.2, -0.15) is 0 Å². The zero-order chi connectivity index (χ0) is 15.1. The van der Waals surface area contributed by atoms with Gasteiger partial charge in [-0.1, -0.05) is 33.6 Å². The standard InChI is InChI=1S/C15H7BrClNO3/c16-9-6-4-8(5-7-9)14(20)18-12-10(13(19)15(18)21)2-1-3-11(12)17/h1-7H. The van der Waals surface area contributed by atoms with E-state index in [0.29, 0.717) is 5.56 Å². The lowest BCUT2D eigenvalue weighted by molar-refractivity contribution is -0.113. The van der Waals surface area contributed by atoms with Crippen molar-refractivity contribution in [2.24, 2.45) is 0 Å². The smallest absolute Gasteiger partial charge is 0.283 e. The van der Waals surface area contributed by atoms with Crippen LogP contribution >= 0.6 is 27.5 Å². The van der Waals surface area contributed by atoms with Gasteiger partial charge >= 0.3 is 5.91 Å². The van der Waals surface area contributed by atoms with Gasteiger partial charge in [0, 0.05) is 10.0 Å². The molecule has 2 amide bonds. The first kappa shape index (κ1) is 14.0. The van der Waals surface area contributed by atoms with E-state index in [1.165, 1.54) is 12.1 Å². The van der Waals surface area contributed by atoms with Crippen LogP contribution in [0.25, 0.3) is 0 Å². The summed E-state index contributed by atoms with van der Waals surface area (Å²) < 4.78 is 0.807. The zero-order valence-electron chi connectivity index (χ0n) is 10.5. The van der Waals surface area contributed by atoms with Gasteiger partial charge in [0.25, 0.3) is 11.7 Å². The Hall–Kier alpha value is -1.98. The molecule has 0 atom stereocenters. The molecule has 0 N–H and O–H groups in total. The lowest BCUT2D eigenvalue weighted by Gasteiger charge is -2.15. The first-order chi connectivity index (χ1) is 10.0. The fourth-order valence-corrected chi connectivity index (χ4v) is 2.68. The lowest BCUT2D eigenvalue weighted by atomic mass is 10.1. The van der Waals surface area contributed by atoms with Gasteiger partial charge in [0.15, 0.2) is 0 Å². The second kappa shape index (κ2) is 5.09. The molecular formula is C15H7BrClNO3. The van der Waals surface area contributed by atoms with E-state index in [9.17, 15) is 14.4 Å². The number of hydrogen-bond donors (Lipinski definition) is 0. The Balaban J connectivity index is 2.11. The highest BCUT2D eigenvalue weighted by atomic mass is 79.9. The first-order valence-electron chi connectivity index (χ1n) is 5.98. The molecule has 0 spiro atoms. The molecule has 0 aliphatic carbocycles. The van der Waals surface area contributed by atoms with Crippen LogP contribution in [0.1, 0.15) is 20.7 Å². The van der Waals surface area contributed by atoms with Crippen LogP contribution in [0.3, 0.4) is 0 Å². The highest BCUT2D eigenvalue weighted by molar-refractivity contribution is 9.10. The topological polar surface area (TPSA) is 54.5 Å². The number of imide groups is 1. The molecule has 104 valence electrons. The SMILES string of the molecule is O=C1C(=O)N(C(=O)c2ccc(Br)cc2)c2c(Cl)cccc21. The second-order valence-electron chi connectivity index (χ2n) is 4.42. The van der Waals surface area contributed by atoms with Gasteiger partial charge in [0.1, 0.15) is 0 Å². The summed E-state index contributed by atoms with van der Waals surface area (Å²) in [5.41, 5.74) is 0.604. The number of Topliss-reactive ketones (excluding diaryl/α,β-unsaturated/α-hetero) is 1. The average molecular weight is 365 g/mol. The first-order valence-corrected chi connectivity index (χ1v) is 7.15. The molecule has 0 saturated heterocycles. The maximum atomic E-state index is 12.5. The van der Waals surface area contributed by atoms with E-state index < -0.39 is 17.6 Å². The number of ketones is 1. The maximum absolute atomic E-state index is 12.5. The number of carbonyl (C=O) groups excluding carboxylic acids is 3. The molecule has 1 heterocycles. The van der Waals surface area contributed by atoms with Gasteiger partial charge < -0.3 is 0 Å². The highest BCUT2D eigenvalue weighted by Gasteiger charge is 2.41. The quantitative estimate of drug-likeness (QED) is 0.575. The number of rotatable bonds is 1. The Kier molecular flexibility index (Phi) is 3.39. The van der Waals surface area contributed by atoms with E-state index in [0.717, 1.165) is 9.37 Å². The van der Waals surface area contributed by atoms with Gasteiger partial charge in [-0.3, -0.25) is 14.4 Å². The predicted octanol–water partition coefficient (Wildman–Crippen LogP) is 3.47. The molecule has 4 nitrogen and oxygen atoms in total. The van der Waals surface area contributed by atoms with Crippen LogP contribution in [0.4, 0.5) is 5.69 Å². The molecule has 2 aromatic carbocycles. The van der Waals surface area contributed by atoms with Gasteiger partial charge in [-0.25, -0.2) is 4.90 Å². The van der Waals surface area contributed by atoms with Crippen LogP contribution in [0, 0.1) is 0 Å². The summed E-state index contributed by atoms with van der Waals surface area (Å²) >= 11 is 9.32. The Morgan fingerprint density at radius 3 is 2.38 bits per heavy atom. The molecule has 1 aliphatic rings. The number of amides is 2. The third-order valence-corrected chi connectivity index (χ3v) is 3.98. The van der Waals surface area contributed by atoms with E-state index in [1.54, 1.807) is 30.3 Å². The summed E-state index contributed by atoms with van der Waals surface area (Å²) in [5, 5.41) is 0.192. The number of nitrogens with zero attached hydrogens (tertiary/aromatic N) is 1. The molecule has 0 fully saturated rings. The fraction of sp³-hybridized carbons (Fsp3) is 0. The minimum Gasteiger partial charge on any atom is -0.283 e. The normalized spacial score (nSPS) is 13.5. The van der Waals surface area contributed by atoms with Crippen LogP contribution in [-0.2, 0) is 4.79 Å². The Bertz CT molecular complexity index is 786. The molecule has 0 saturated carbocycles. The van der Waals surface area contributed by atoms with E-state index in [1.807, 2.05) is 0 Å². The molecule has 0 unspecified atom stereocenters. The van der Waals surface area contributed by atoms with Gasteiger partial charge in [0.05, 0.1) is 16.3 Å². The molecule has 6 heteroatoms. The number of fused-ring (bicyclic) bond motifs is 1. The average Bonchev–Trinajstić information content (AvgIpc) is 2.73. The van der Waals surface area contributed by atoms with Crippen molar-refractivity contribution >= 4 is 50.8 Å². The largest absolute Gasteiger partial charge is 0.306 e. The molecule has 0 aromatic heterocycles. The summed E-state index contributed by atoms with van der Waals surface area (Å²) in [5.74, 6) is -2.18. The van der Waals surface area contributed by atoms with Crippen molar-refractivity contribution < 1.29 is 14.4 Å². The van der Waals surface area contributed by atoms with E-state index >= 15 is 0 Å². The predicted molar refractivity (Wildman–Crippen MR) is 81.7 cm³/mol. The van der Waals surface area contributed by atoms with Gasteiger partial charge in [-0.05, 0) is 36.4 Å². The fourth-order valence-electron chi connectivity index (χ4n) is 2.16. The summed E-state index contributed by atoms with van der Waals surface area (Å²) in [6.07, 6.45) is 0. The summed E-state index contributed by atoms with van der Waals surface area (Å²) in [6, 6.07) is 11.1. The summed E-state index contributed by atoms with van der Waals surface area (Å²) in [7, 11) is 0. The van der Waals surface area contributed by atoms with E-state index in [4.69, 9.17) is 11.6 Å². The molecule has 1 aliphatic heterocycles. The molecule has 0 radical (unpaired) electrons. The van der Waals surface area contributed by atoms with Crippen LogP contribution in [0.2, 0.25) is 5.02 Å². The van der Waals surface area contributed by atoms with Crippen LogP contribution < -0.4 is 4.90 Å². The Morgan fingerprint density at radius 2 is 1.71 bits per heavy atom. The van der Waals surface area contributed by atoms with Gasteiger partial charge in [0.2, 0.25) is 0 Å². The molecular weight excluding hydrogens is 358 g/mol. The third-order valence-electron chi connectivity index (χ3n) is 3.15. The molecule has 2 aromatic rings. The van der Waals surface area contributed by atoms with Crippen LogP contribution in [0.15, 0.2) is 46.9 Å². The second-order valence-corrected chi connectivity index (χ2v) is 5.74. The summed E-state index contributed by atoms with van der Waals surface area (Å²) in [4.78, 5) is 37.4. The lowest BCUT2D eigenvalue weighted by Crippen LogP contribution is -2.36. The zero-order valence-corrected chi connectivity index (χ0v) is 12.8. The van der Waals surface area contributed by atoms with E-state index in [-0.39, 0.29) is 16.3 Å². The monoisotopic (exact) mass is 363 g/mol. The minimum atomic E-state index is -0.883. The van der Waals surface area contributed by atoms with Gasteiger partial charge in [-0.15, -0.1) is 0 Å². The van der Waals surface area contributed by atoms with E-state index in [2.05, 4.69) is 15.9 Å².